The summed E-state index contributed by atoms with van der Waals surface area (Å²) < 4.78 is 9.01. The van der Waals surface area contributed by atoms with E-state index in [1.807, 2.05) is 42.6 Å². The van der Waals surface area contributed by atoms with E-state index in [0.717, 1.165) is 46.5 Å². The van der Waals surface area contributed by atoms with Crippen molar-refractivity contribution in [3.63, 3.8) is 0 Å². The van der Waals surface area contributed by atoms with Gasteiger partial charge in [0.05, 0.1) is 0 Å². The number of hydrogen-bond acceptors (Lipinski definition) is 4. The average molecular weight is 527 g/mol. The van der Waals surface area contributed by atoms with Gasteiger partial charge in [0, 0.05) is 28.7 Å². The highest BCUT2D eigenvalue weighted by Gasteiger charge is 2.23. The summed E-state index contributed by atoms with van der Waals surface area (Å²) >= 11 is 3.60. The fourth-order valence-electron chi connectivity index (χ4n) is 5.10. The molecule has 0 radical (unpaired) electrons. The molecule has 0 aliphatic heterocycles. The van der Waals surface area contributed by atoms with Gasteiger partial charge in [-0.3, -0.25) is 9.20 Å². The number of nitrogens with one attached hydrogen (secondary N) is 1. The summed E-state index contributed by atoms with van der Waals surface area (Å²) in [6.45, 7) is 8.72. The van der Waals surface area contributed by atoms with Gasteiger partial charge in [-0.1, -0.05) is 59.1 Å². The van der Waals surface area contributed by atoms with Gasteiger partial charge in [-0.05, 0) is 70.8 Å². The molecule has 34 heavy (non-hydrogen) atoms. The molecule has 1 fully saturated rings. The van der Waals surface area contributed by atoms with Crippen LogP contribution in [-0.2, 0) is 4.79 Å². The molecule has 1 saturated carbocycles. The number of aromatic nitrogens is 2. The molecule has 4 rings (SSSR count). The lowest BCUT2D eigenvalue weighted by Gasteiger charge is -2.24. The number of carbonyl (C=O) groups is 1. The molecule has 2 aromatic heterocycles. The molecule has 1 unspecified atom stereocenters. The van der Waals surface area contributed by atoms with Crippen LogP contribution in [0.1, 0.15) is 72.6 Å². The predicted octanol–water partition coefficient (Wildman–Crippen LogP) is 7.88. The number of para-hydroxylation sites is 1. The first-order valence-corrected chi connectivity index (χ1v) is 13.2. The fraction of sp³-hybridized carbons (Fsp3) is 0.500. The number of ether oxygens (including phenoxy) is 1. The lowest BCUT2D eigenvalue weighted by molar-refractivity contribution is -0.135. The van der Waals surface area contributed by atoms with Crippen molar-refractivity contribution < 1.29 is 9.53 Å². The summed E-state index contributed by atoms with van der Waals surface area (Å²) in [5, 5.41) is 3.78. The summed E-state index contributed by atoms with van der Waals surface area (Å²) in [4.78, 5) is 17.8. The Labute approximate surface area is 211 Å². The normalized spacial score (nSPS) is 15.9. The first-order valence-electron chi connectivity index (χ1n) is 12.4. The van der Waals surface area contributed by atoms with Crippen LogP contribution in [0, 0.1) is 11.3 Å². The maximum Gasteiger partial charge on any atom is 0.311 e. The van der Waals surface area contributed by atoms with Crippen LogP contribution in [0.2, 0.25) is 0 Å². The van der Waals surface area contributed by atoms with Crippen LogP contribution in [-0.4, -0.2) is 21.4 Å². The Morgan fingerprint density at radius 2 is 1.91 bits per heavy atom. The molecule has 182 valence electrons. The molecule has 2 heterocycles. The van der Waals surface area contributed by atoms with Gasteiger partial charge in [0.25, 0.3) is 0 Å². The SMILES string of the molecule is CC(CC(=O)Oc1ccccc1-c1nc2ccc(Br)cn2c1NC1CCCCC1)CC(C)(C)C. The van der Waals surface area contributed by atoms with Crippen LogP contribution < -0.4 is 10.1 Å². The Kier molecular flexibility index (Phi) is 7.66. The second kappa shape index (κ2) is 10.5. The van der Waals surface area contributed by atoms with E-state index in [-0.39, 0.29) is 17.3 Å². The molecule has 0 amide bonds. The van der Waals surface area contributed by atoms with Gasteiger partial charge in [-0.2, -0.15) is 0 Å². The summed E-state index contributed by atoms with van der Waals surface area (Å²) in [5.74, 6) is 1.57. The minimum atomic E-state index is -0.197. The monoisotopic (exact) mass is 525 g/mol. The van der Waals surface area contributed by atoms with Crippen LogP contribution in [0.5, 0.6) is 5.75 Å². The van der Waals surface area contributed by atoms with Crippen molar-refractivity contribution in [2.24, 2.45) is 11.3 Å². The third kappa shape index (κ3) is 6.21. The standard InChI is InChI=1S/C28H36BrN3O2/c1-19(17-28(2,3)4)16-25(33)34-23-13-9-8-12-22(23)26-27(30-21-10-6-5-7-11-21)32-18-20(29)14-15-24(32)31-26/h8-9,12-15,18-19,21,30H,5-7,10-11,16-17H2,1-4H3. The topological polar surface area (TPSA) is 55.6 Å². The molecule has 1 aromatic carbocycles. The number of imidazole rings is 1. The van der Waals surface area contributed by atoms with Gasteiger partial charge in [0.15, 0.2) is 0 Å². The Balaban J connectivity index is 1.65. The average Bonchev–Trinajstić information content (AvgIpc) is 3.10. The van der Waals surface area contributed by atoms with Crippen LogP contribution in [0.3, 0.4) is 0 Å². The molecule has 1 aliphatic rings. The van der Waals surface area contributed by atoms with Crippen LogP contribution in [0.25, 0.3) is 16.9 Å². The quantitative estimate of drug-likeness (QED) is 0.251. The second-order valence-electron chi connectivity index (χ2n) is 10.9. The molecule has 6 heteroatoms. The summed E-state index contributed by atoms with van der Waals surface area (Å²) in [6.07, 6.45) is 9.52. The van der Waals surface area contributed by atoms with Crippen molar-refractivity contribution in [2.75, 3.05) is 5.32 Å². The van der Waals surface area contributed by atoms with Crippen LogP contribution in [0.4, 0.5) is 5.82 Å². The van der Waals surface area contributed by atoms with E-state index < -0.39 is 0 Å². The van der Waals surface area contributed by atoms with Gasteiger partial charge in [0.2, 0.25) is 0 Å². The number of rotatable bonds is 7. The lowest BCUT2D eigenvalue weighted by Crippen LogP contribution is -2.23. The molecular formula is C28H36BrN3O2. The molecule has 5 nitrogen and oxygen atoms in total. The van der Waals surface area contributed by atoms with Gasteiger partial charge in [-0.25, -0.2) is 4.98 Å². The minimum Gasteiger partial charge on any atom is -0.426 e. The van der Waals surface area contributed by atoms with E-state index in [9.17, 15) is 4.79 Å². The maximum atomic E-state index is 12.8. The summed E-state index contributed by atoms with van der Waals surface area (Å²) in [7, 11) is 0. The van der Waals surface area contributed by atoms with Crippen molar-refractivity contribution in [1.82, 2.24) is 9.38 Å². The number of halogens is 1. The van der Waals surface area contributed by atoms with E-state index in [2.05, 4.69) is 53.3 Å². The molecule has 0 bridgehead atoms. The third-order valence-electron chi connectivity index (χ3n) is 6.37. The first-order chi connectivity index (χ1) is 16.2. The van der Waals surface area contributed by atoms with Gasteiger partial charge < -0.3 is 10.1 Å². The fourth-order valence-corrected chi connectivity index (χ4v) is 5.44. The number of esters is 1. The van der Waals surface area contributed by atoms with Crippen LogP contribution in [0.15, 0.2) is 47.1 Å². The van der Waals surface area contributed by atoms with Crippen molar-refractivity contribution >= 4 is 33.4 Å². The highest BCUT2D eigenvalue weighted by Crippen LogP contribution is 2.37. The van der Waals surface area contributed by atoms with E-state index in [1.54, 1.807) is 0 Å². The number of fused-ring (bicyclic) bond motifs is 1. The van der Waals surface area contributed by atoms with E-state index in [0.29, 0.717) is 18.2 Å². The largest absolute Gasteiger partial charge is 0.426 e. The zero-order valence-electron chi connectivity index (χ0n) is 20.7. The first kappa shape index (κ1) is 24.8. The Bertz CT molecular complexity index is 1140. The lowest BCUT2D eigenvalue weighted by atomic mass is 9.84. The van der Waals surface area contributed by atoms with E-state index in [4.69, 9.17) is 9.72 Å². The Hall–Kier alpha value is -2.34. The van der Waals surface area contributed by atoms with Crippen molar-refractivity contribution in [2.45, 2.75) is 78.7 Å². The Morgan fingerprint density at radius 3 is 2.65 bits per heavy atom. The zero-order chi connectivity index (χ0) is 24.3. The number of carbonyl (C=O) groups excluding carboxylic acids is 1. The highest BCUT2D eigenvalue weighted by molar-refractivity contribution is 9.10. The van der Waals surface area contributed by atoms with Crippen molar-refractivity contribution in [3.8, 4) is 17.0 Å². The second-order valence-corrected chi connectivity index (χ2v) is 11.8. The molecule has 1 atom stereocenters. The predicted molar refractivity (Wildman–Crippen MR) is 142 cm³/mol. The summed E-state index contributed by atoms with van der Waals surface area (Å²) in [5.41, 5.74) is 2.69. The number of nitrogens with zero attached hydrogens (tertiary/aromatic N) is 2. The number of anilines is 1. The third-order valence-corrected chi connectivity index (χ3v) is 6.84. The summed E-state index contributed by atoms with van der Waals surface area (Å²) in [6, 6.07) is 12.2. The van der Waals surface area contributed by atoms with Gasteiger partial charge in [-0.15, -0.1) is 0 Å². The van der Waals surface area contributed by atoms with Crippen molar-refractivity contribution in [3.05, 3.63) is 47.1 Å². The zero-order valence-corrected chi connectivity index (χ0v) is 22.3. The number of benzene rings is 1. The molecule has 0 spiro atoms. The Morgan fingerprint density at radius 1 is 1.18 bits per heavy atom. The number of pyridine rings is 1. The highest BCUT2D eigenvalue weighted by atomic mass is 79.9. The van der Waals surface area contributed by atoms with Crippen LogP contribution >= 0.6 is 15.9 Å². The van der Waals surface area contributed by atoms with E-state index >= 15 is 0 Å². The molecular weight excluding hydrogens is 490 g/mol. The smallest absolute Gasteiger partial charge is 0.311 e. The van der Waals surface area contributed by atoms with Gasteiger partial charge in [0.1, 0.15) is 22.9 Å². The van der Waals surface area contributed by atoms with E-state index in [1.165, 1.54) is 19.3 Å². The van der Waals surface area contributed by atoms with Gasteiger partial charge >= 0.3 is 5.97 Å². The molecule has 3 aromatic rings. The molecule has 1 aliphatic carbocycles. The van der Waals surface area contributed by atoms with Crippen molar-refractivity contribution in [1.29, 1.82) is 0 Å². The number of hydrogen-bond donors (Lipinski definition) is 1. The molecule has 1 N–H and O–H groups in total. The maximum absolute atomic E-state index is 12.8. The minimum absolute atomic E-state index is 0.183. The molecule has 0 saturated heterocycles.